The van der Waals surface area contributed by atoms with Gasteiger partial charge < -0.3 is 9.64 Å². The maximum Gasteiger partial charge on any atom is 0.263 e. The van der Waals surface area contributed by atoms with E-state index in [1.54, 1.807) is 28.4 Å². The molecule has 1 aliphatic rings. The molecule has 1 atom stereocenters. The highest BCUT2D eigenvalue weighted by Gasteiger charge is 2.26. The molecule has 32 heavy (non-hydrogen) atoms. The van der Waals surface area contributed by atoms with Crippen LogP contribution in [0.15, 0.2) is 47.5 Å². The zero-order valence-corrected chi connectivity index (χ0v) is 18.9. The molecule has 164 valence electrons. The molecule has 0 unspecified atom stereocenters. The average molecular weight is 451 g/mol. The Hall–Kier alpha value is -3.23. The minimum atomic E-state index is -0.119. The van der Waals surface area contributed by atoms with E-state index in [-0.39, 0.29) is 11.7 Å². The third-order valence-electron chi connectivity index (χ3n) is 5.88. The summed E-state index contributed by atoms with van der Waals surface area (Å²) in [4.78, 5) is 25.0. The van der Waals surface area contributed by atoms with E-state index in [1.165, 1.54) is 0 Å². The Labute approximate surface area is 190 Å². The molecule has 4 aromatic rings. The smallest absolute Gasteiger partial charge is 0.263 e. The van der Waals surface area contributed by atoms with Gasteiger partial charge in [0, 0.05) is 55.6 Å². The lowest BCUT2D eigenvalue weighted by Crippen LogP contribution is -2.39. The first kappa shape index (κ1) is 20.7. The van der Waals surface area contributed by atoms with Crippen LogP contribution in [0.1, 0.15) is 17.5 Å². The number of benzene rings is 1. The molecule has 0 N–H and O–H groups in total. The molecule has 8 nitrogen and oxygen atoms in total. The number of rotatable bonds is 3. The van der Waals surface area contributed by atoms with Crippen molar-refractivity contribution >= 4 is 28.3 Å². The first-order chi connectivity index (χ1) is 15.4. The minimum absolute atomic E-state index is 0.104. The molecule has 0 aliphatic carbocycles. The number of hydrogen-bond donors (Lipinski definition) is 0. The Morgan fingerprint density at radius 1 is 1.16 bits per heavy atom. The number of halogens is 1. The van der Waals surface area contributed by atoms with Crippen molar-refractivity contribution in [3.05, 3.63) is 69.5 Å². The maximum atomic E-state index is 13.2. The van der Waals surface area contributed by atoms with Gasteiger partial charge in [0.25, 0.3) is 5.56 Å². The van der Waals surface area contributed by atoms with E-state index in [0.717, 1.165) is 16.9 Å². The summed E-state index contributed by atoms with van der Waals surface area (Å²) in [6.45, 7) is 3.72. The molecular formula is C23H23ClN6O2. The number of fused-ring (bicyclic) bond motifs is 1. The van der Waals surface area contributed by atoms with Crippen molar-refractivity contribution in [3.63, 3.8) is 0 Å². The molecule has 0 radical (unpaired) electrons. The summed E-state index contributed by atoms with van der Waals surface area (Å²) in [5.41, 5.74) is 2.96. The summed E-state index contributed by atoms with van der Waals surface area (Å²) in [5, 5.41) is 5.39. The summed E-state index contributed by atoms with van der Waals surface area (Å²) >= 11 is 6.10. The van der Waals surface area contributed by atoms with Crippen molar-refractivity contribution < 1.29 is 4.74 Å². The van der Waals surface area contributed by atoms with Crippen LogP contribution in [0.4, 0.5) is 5.82 Å². The molecule has 5 rings (SSSR count). The third-order valence-corrected chi connectivity index (χ3v) is 6.13. The lowest BCUT2D eigenvalue weighted by molar-refractivity contribution is 0.0395. The van der Waals surface area contributed by atoms with Crippen molar-refractivity contribution in [1.82, 2.24) is 24.3 Å². The number of aryl methyl sites for hydroxylation is 2. The topological polar surface area (TPSA) is 78.1 Å². The Morgan fingerprint density at radius 3 is 2.66 bits per heavy atom. The van der Waals surface area contributed by atoms with Gasteiger partial charge in [0.05, 0.1) is 29.4 Å². The highest BCUT2D eigenvalue weighted by Crippen LogP contribution is 2.31. The van der Waals surface area contributed by atoms with Gasteiger partial charge in [-0.3, -0.25) is 14.0 Å². The van der Waals surface area contributed by atoms with Gasteiger partial charge in [-0.2, -0.15) is 5.10 Å². The number of nitrogens with zero attached hydrogens (tertiary/aromatic N) is 6. The molecule has 0 amide bonds. The molecule has 3 aromatic heterocycles. The Morgan fingerprint density at radius 2 is 1.94 bits per heavy atom. The van der Waals surface area contributed by atoms with Gasteiger partial charge in [-0.15, -0.1) is 0 Å². The maximum absolute atomic E-state index is 13.2. The fourth-order valence-corrected chi connectivity index (χ4v) is 4.15. The van der Waals surface area contributed by atoms with Gasteiger partial charge in [0.1, 0.15) is 17.7 Å². The van der Waals surface area contributed by atoms with Crippen LogP contribution in [0.25, 0.3) is 22.2 Å². The lowest BCUT2D eigenvalue weighted by Gasteiger charge is -2.33. The largest absolute Gasteiger partial charge is 0.370 e. The minimum Gasteiger partial charge on any atom is -0.370 e. The molecule has 4 heterocycles. The monoisotopic (exact) mass is 450 g/mol. The van der Waals surface area contributed by atoms with Gasteiger partial charge >= 0.3 is 0 Å². The first-order valence-electron chi connectivity index (χ1n) is 10.4. The molecule has 1 saturated heterocycles. The van der Waals surface area contributed by atoms with Gasteiger partial charge in [0.15, 0.2) is 0 Å². The van der Waals surface area contributed by atoms with E-state index >= 15 is 0 Å². The standard InChI is InChI=1S/C23H23ClN6O2/c1-14-26-18-10-20(30-8-9-32-19(13-30)16-11-25-28(2)12-16)27-22(21(18)23(31)29(14)3)15-4-6-17(24)7-5-15/h4-7,10-12,19H,8-9,13H2,1-3H3/t19-/m1/s1. The quantitative estimate of drug-likeness (QED) is 0.476. The Bertz CT molecular complexity index is 1360. The average Bonchev–Trinajstić information content (AvgIpc) is 3.24. The highest BCUT2D eigenvalue weighted by molar-refractivity contribution is 6.30. The third kappa shape index (κ3) is 3.65. The summed E-state index contributed by atoms with van der Waals surface area (Å²) in [7, 11) is 3.62. The fraction of sp³-hybridized carbons (Fsp3) is 0.304. The molecule has 9 heteroatoms. The van der Waals surface area contributed by atoms with Crippen molar-refractivity contribution in [1.29, 1.82) is 0 Å². The number of pyridine rings is 1. The second kappa shape index (κ2) is 8.03. The molecule has 1 aliphatic heterocycles. The highest BCUT2D eigenvalue weighted by atomic mass is 35.5. The van der Waals surface area contributed by atoms with Crippen LogP contribution in [-0.4, -0.2) is 44.0 Å². The lowest BCUT2D eigenvalue weighted by atomic mass is 10.1. The van der Waals surface area contributed by atoms with Crippen LogP contribution in [0.3, 0.4) is 0 Å². The fourth-order valence-electron chi connectivity index (χ4n) is 4.03. The van der Waals surface area contributed by atoms with Crippen LogP contribution in [0.5, 0.6) is 0 Å². The SMILES string of the molecule is Cc1nc2cc(N3CCO[C@@H](c4cnn(C)c4)C3)nc(-c3ccc(Cl)cc3)c2c(=O)n1C. The molecule has 1 fully saturated rings. The van der Waals surface area contributed by atoms with Gasteiger partial charge in [-0.25, -0.2) is 9.97 Å². The summed E-state index contributed by atoms with van der Waals surface area (Å²) in [6.07, 6.45) is 3.69. The van der Waals surface area contributed by atoms with E-state index in [2.05, 4.69) is 10.00 Å². The van der Waals surface area contributed by atoms with E-state index in [9.17, 15) is 4.79 Å². The summed E-state index contributed by atoms with van der Waals surface area (Å²) < 4.78 is 9.31. The number of morpholine rings is 1. The zero-order chi connectivity index (χ0) is 22.4. The van der Waals surface area contributed by atoms with Crippen molar-refractivity contribution in [2.75, 3.05) is 24.6 Å². The number of anilines is 1. The molecule has 0 bridgehead atoms. The first-order valence-corrected chi connectivity index (χ1v) is 10.8. The van der Waals surface area contributed by atoms with Gasteiger partial charge in [0.2, 0.25) is 0 Å². The van der Waals surface area contributed by atoms with Gasteiger partial charge in [-0.05, 0) is 19.1 Å². The summed E-state index contributed by atoms with van der Waals surface area (Å²) in [5.74, 6) is 1.41. The van der Waals surface area contributed by atoms with Crippen LogP contribution in [0, 0.1) is 6.92 Å². The van der Waals surface area contributed by atoms with Crippen LogP contribution < -0.4 is 10.5 Å². The van der Waals surface area contributed by atoms with E-state index < -0.39 is 0 Å². The number of aromatic nitrogens is 5. The Balaban J connectivity index is 1.64. The summed E-state index contributed by atoms with van der Waals surface area (Å²) in [6, 6.07) is 9.26. The van der Waals surface area contributed by atoms with Crippen LogP contribution >= 0.6 is 11.6 Å². The van der Waals surface area contributed by atoms with Crippen molar-refractivity contribution in [2.45, 2.75) is 13.0 Å². The van der Waals surface area contributed by atoms with Crippen molar-refractivity contribution in [2.24, 2.45) is 14.1 Å². The van der Waals surface area contributed by atoms with E-state index in [1.807, 2.05) is 44.6 Å². The normalized spacial score (nSPS) is 16.6. The van der Waals surface area contributed by atoms with E-state index in [0.29, 0.717) is 47.1 Å². The molecule has 0 spiro atoms. The predicted molar refractivity (Wildman–Crippen MR) is 124 cm³/mol. The zero-order valence-electron chi connectivity index (χ0n) is 18.1. The van der Waals surface area contributed by atoms with Gasteiger partial charge in [-0.1, -0.05) is 23.7 Å². The van der Waals surface area contributed by atoms with Crippen LogP contribution in [0.2, 0.25) is 5.02 Å². The number of ether oxygens (including phenoxy) is 1. The second-order valence-corrected chi connectivity index (χ2v) is 8.44. The number of hydrogen-bond acceptors (Lipinski definition) is 6. The van der Waals surface area contributed by atoms with E-state index in [4.69, 9.17) is 26.3 Å². The molecule has 1 aromatic carbocycles. The molecular weight excluding hydrogens is 428 g/mol. The second-order valence-electron chi connectivity index (χ2n) is 8.01. The van der Waals surface area contributed by atoms with Crippen LogP contribution in [-0.2, 0) is 18.8 Å². The van der Waals surface area contributed by atoms with Crippen molar-refractivity contribution in [3.8, 4) is 11.3 Å². The molecule has 0 saturated carbocycles. The predicted octanol–water partition coefficient (Wildman–Crippen LogP) is 3.27. The Kier molecular flexibility index (Phi) is 5.19.